The third kappa shape index (κ3) is 3.03. The van der Waals surface area contributed by atoms with E-state index in [0.29, 0.717) is 0 Å². The molecule has 88 valence electrons. The summed E-state index contributed by atoms with van der Waals surface area (Å²) >= 11 is 8.61. The Morgan fingerprint density at radius 3 is 2.71 bits per heavy atom. The number of nitrogens with zero attached hydrogens (tertiary/aromatic N) is 1. The Morgan fingerprint density at radius 1 is 1.24 bits per heavy atom. The van der Waals surface area contributed by atoms with Crippen LogP contribution in [0.4, 0.5) is 5.69 Å². The SMILES string of the molecule is Cc1cc(Sc2ncccc2Br)c(Br)cc1N. The zero-order valence-electron chi connectivity index (χ0n) is 9.08. The second kappa shape index (κ2) is 5.42. The van der Waals surface area contributed by atoms with Crippen LogP contribution in [0.25, 0.3) is 0 Å². The van der Waals surface area contributed by atoms with E-state index in [0.717, 1.165) is 30.1 Å². The molecule has 1 heterocycles. The van der Waals surface area contributed by atoms with E-state index >= 15 is 0 Å². The Morgan fingerprint density at radius 2 is 2.00 bits per heavy atom. The van der Waals surface area contributed by atoms with Crippen LogP contribution in [0.2, 0.25) is 0 Å². The highest BCUT2D eigenvalue weighted by molar-refractivity contribution is 9.11. The minimum atomic E-state index is 0.793. The van der Waals surface area contributed by atoms with Crippen molar-refractivity contribution in [1.29, 1.82) is 0 Å². The summed E-state index contributed by atoms with van der Waals surface area (Å²) in [6.45, 7) is 2.00. The number of benzene rings is 1. The summed E-state index contributed by atoms with van der Waals surface area (Å²) in [5.74, 6) is 0. The van der Waals surface area contributed by atoms with Gasteiger partial charge in [0, 0.05) is 21.3 Å². The fourth-order valence-electron chi connectivity index (χ4n) is 1.30. The fraction of sp³-hybridized carbons (Fsp3) is 0.0833. The number of hydrogen-bond donors (Lipinski definition) is 1. The van der Waals surface area contributed by atoms with Crippen molar-refractivity contribution >= 4 is 49.3 Å². The number of nitrogens with two attached hydrogens (primary N) is 1. The van der Waals surface area contributed by atoms with Crippen molar-refractivity contribution in [2.75, 3.05) is 5.73 Å². The molecule has 2 aromatic rings. The van der Waals surface area contributed by atoms with Gasteiger partial charge in [0.2, 0.25) is 0 Å². The van der Waals surface area contributed by atoms with Gasteiger partial charge in [-0.3, -0.25) is 0 Å². The molecule has 0 spiro atoms. The van der Waals surface area contributed by atoms with E-state index in [1.807, 2.05) is 25.1 Å². The van der Waals surface area contributed by atoms with Crippen molar-refractivity contribution in [3.05, 3.63) is 45.0 Å². The van der Waals surface area contributed by atoms with Crippen LogP contribution >= 0.6 is 43.6 Å². The lowest BCUT2D eigenvalue weighted by Crippen LogP contribution is -1.91. The van der Waals surface area contributed by atoms with Crippen LogP contribution in [0.3, 0.4) is 0 Å². The second-order valence-electron chi connectivity index (χ2n) is 3.53. The van der Waals surface area contributed by atoms with Gasteiger partial charge in [-0.05, 0) is 68.6 Å². The molecule has 0 radical (unpaired) electrons. The molecular formula is C12H10Br2N2S. The average molecular weight is 374 g/mol. The van der Waals surface area contributed by atoms with Crippen molar-refractivity contribution in [3.63, 3.8) is 0 Å². The summed E-state index contributed by atoms with van der Waals surface area (Å²) in [5, 5.41) is 0.942. The van der Waals surface area contributed by atoms with Crippen molar-refractivity contribution in [2.45, 2.75) is 16.8 Å². The van der Waals surface area contributed by atoms with Crippen LogP contribution in [0.1, 0.15) is 5.56 Å². The normalized spacial score (nSPS) is 10.5. The topological polar surface area (TPSA) is 38.9 Å². The molecule has 2 nitrogen and oxygen atoms in total. The van der Waals surface area contributed by atoms with Gasteiger partial charge >= 0.3 is 0 Å². The molecule has 17 heavy (non-hydrogen) atoms. The molecule has 5 heteroatoms. The minimum absolute atomic E-state index is 0.793. The standard InChI is InChI=1S/C12H10Br2N2S/c1-7-5-11(9(14)6-10(7)15)17-12-8(13)3-2-4-16-12/h2-6H,15H2,1H3. The van der Waals surface area contributed by atoms with Gasteiger partial charge in [0.1, 0.15) is 5.03 Å². The molecule has 0 unspecified atom stereocenters. The Labute approximate surface area is 121 Å². The molecule has 0 amide bonds. The maximum absolute atomic E-state index is 5.85. The third-order valence-electron chi connectivity index (χ3n) is 2.25. The zero-order valence-corrected chi connectivity index (χ0v) is 13.1. The average Bonchev–Trinajstić information content (AvgIpc) is 2.29. The van der Waals surface area contributed by atoms with Gasteiger partial charge in [-0.15, -0.1) is 0 Å². The lowest BCUT2D eigenvalue weighted by Gasteiger charge is -2.08. The van der Waals surface area contributed by atoms with Crippen LogP contribution < -0.4 is 5.73 Å². The first-order chi connectivity index (χ1) is 8.08. The largest absolute Gasteiger partial charge is 0.398 e. The van der Waals surface area contributed by atoms with E-state index in [9.17, 15) is 0 Å². The summed E-state index contributed by atoms with van der Waals surface area (Å²) in [7, 11) is 0. The van der Waals surface area contributed by atoms with E-state index in [2.05, 4.69) is 42.9 Å². The summed E-state index contributed by atoms with van der Waals surface area (Å²) in [6.07, 6.45) is 1.78. The number of hydrogen-bond acceptors (Lipinski definition) is 3. The molecule has 2 rings (SSSR count). The van der Waals surface area contributed by atoms with E-state index in [1.165, 1.54) is 0 Å². The quantitative estimate of drug-likeness (QED) is 0.778. The molecule has 0 bridgehead atoms. The zero-order chi connectivity index (χ0) is 12.4. The smallest absolute Gasteiger partial charge is 0.115 e. The van der Waals surface area contributed by atoms with Gasteiger partial charge in [-0.2, -0.15) is 0 Å². The Balaban J connectivity index is 2.37. The summed E-state index contributed by atoms with van der Waals surface area (Å²) in [5.41, 5.74) is 7.71. The van der Waals surface area contributed by atoms with E-state index < -0.39 is 0 Å². The van der Waals surface area contributed by atoms with Gasteiger partial charge in [-0.1, -0.05) is 11.8 Å². The van der Waals surface area contributed by atoms with Crippen molar-refractivity contribution < 1.29 is 0 Å². The lowest BCUT2D eigenvalue weighted by atomic mass is 10.2. The predicted octanol–water partition coefficient (Wildman–Crippen LogP) is 4.65. The first-order valence-corrected chi connectivity index (χ1v) is 7.32. The highest BCUT2D eigenvalue weighted by atomic mass is 79.9. The van der Waals surface area contributed by atoms with E-state index in [-0.39, 0.29) is 0 Å². The Kier molecular flexibility index (Phi) is 4.12. The van der Waals surface area contributed by atoms with Crippen LogP contribution in [0.15, 0.2) is 49.3 Å². The Bertz CT molecular complexity index is 558. The monoisotopic (exact) mass is 372 g/mol. The van der Waals surface area contributed by atoms with Crippen molar-refractivity contribution in [3.8, 4) is 0 Å². The van der Waals surface area contributed by atoms with Gasteiger partial charge in [0.15, 0.2) is 0 Å². The molecule has 0 aliphatic heterocycles. The molecule has 2 N–H and O–H groups in total. The van der Waals surface area contributed by atoms with E-state index in [1.54, 1.807) is 18.0 Å². The molecule has 0 saturated carbocycles. The van der Waals surface area contributed by atoms with Crippen molar-refractivity contribution in [1.82, 2.24) is 4.98 Å². The van der Waals surface area contributed by atoms with Crippen molar-refractivity contribution in [2.24, 2.45) is 0 Å². The fourth-order valence-corrected chi connectivity index (χ4v) is 3.28. The number of rotatable bonds is 2. The first kappa shape index (κ1) is 12.9. The molecule has 1 aromatic carbocycles. The highest BCUT2D eigenvalue weighted by Crippen LogP contribution is 2.37. The Hall–Kier alpha value is -0.520. The van der Waals surface area contributed by atoms with Crippen LogP contribution in [0.5, 0.6) is 0 Å². The molecular weight excluding hydrogens is 364 g/mol. The number of pyridine rings is 1. The number of halogens is 2. The van der Waals surface area contributed by atoms with E-state index in [4.69, 9.17) is 5.73 Å². The molecule has 0 aliphatic carbocycles. The predicted molar refractivity (Wildman–Crippen MR) is 79.4 cm³/mol. The first-order valence-electron chi connectivity index (χ1n) is 4.92. The molecule has 0 fully saturated rings. The van der Waals surface area contributed by atoms with Gasteiger partial charge in [-0.25, -0.2) is 4.98 Å². The molecule has 1 aromatic heterocycles. The molecule has 0 atom stereocenters. The van der Waals surface area contributed by atoms with Crippen LogP contribution in [-0.4, -0.2) is 4.98 Å². The maximum atomic E-state index is 5.85. The maximum Gasteiger partial charge on any atom is 0.115 e. The van der Waals surface area contributed by atoms with Crippen LogP contribution in [-0.2, 0) is 0 Å². The second-order valence-corrected chi connectivity index (χ2v) is 6.27. The molecule has 0 aliphatic rings. The minimum Gasteiger partial charge on any atom is -0.398 e. The van der Waals surface area contributed by atoms with Gasteiger partial charge in [0.05, 0.1) is 4.47 Å². The number of aryl methyl sites for hydroxylation is 1. The highest BCUT2D eigenvalue weighted by Gasteiger charge is 2.08. The number of nitrogen functional groups attached to an aromatic ring is 1. The summed E-state index contributed by atoms with van der Waals surface area (Å²) in [6, 6.07) is 7.87. The summed E-state index contributed by atoms with van der Waals surface area (Å²) in [4.78, 5) is 5.44. The van der Waals surface area contributed by atoms with Gasteiger partial charge in [0.25, 0.3) is 0 Å². The van der Waals surface area contributed by atoms with Gasteiger partial charge < -0.3 is 5.73 Å². The molecule has 0 saturated heterocycles. The number of anilines is 1. The lowest BCUT2D eigenvalue weighted by molar-refractivity contribution is 1.11. The number of aromatic nitrogens is 1. The third-order valence-corrected chi connectivity index (χ3v) is 5.15. The van der Waals surface area contributed by atoms with Crippen LogP contribution in [0, 0.1) is 6.92 Å². The summed E-state index contributed by atoms with van der Waals surface area (Å²) < 4.78 is 1.98.